The van der Waals surface area contributed by atoms with Crippen molar-refractivity contribution in [2.75, 3.05) is 13.2 Å². The van der Waals surface area contributed by atoms with E-state index in [0.717, 1.165) is 5.56 Å². The molecule has 0 radical (unpaired) electrons. The Kier molecular flexibility index (Phi) is 2.59. The van der Waals surface area contributed by atoms with Crippen molar-refractivity contribution in [2.24, 2.45) is 0 Å². The Bertz CT molecular complexity index is 260. The maximum Gasteiger partial charge on any atom is 0.184 e. The highest BCUT2D eigenvalue weighted by Crippen LogP contribution is 2.25. The zero-order valence-corrected chi connectivity index (χ0v) is 7.22. The SMILES string of the molecule is OC[C@H]1COC(c2ccccc2)O1. The lowest BCUT2D eigenvalue weighted by Gasteiger charge is -2.09. The molecule has 1 fully saturated rings. The number of aliphatic hydroxyl groups is 1. The molecular weight excluding hydrogens is 168 g/mol. The van der Waals surface area contributed by atoms with Crippen LogP contribution in [-0.2, 0) is 9.47 Å². The van der Waals surface area contributed by atoms with Gasteiger partial charge in [-0.25, -0.2) is 0 Å². The van der Waals surface area contributed by atoms with E-state index in [-0.39, 0.29) is 19.0 Å². The predicted molar refractivity (Wildman–Crippen MR) is 47.1 cm³/mol. The van der Waals surface area contributed by atoms with Crippen molar-refractivity contribution in [1.29, 1.82) is 0 Å². The van der Waals surface area contributed by atoms with Crippen LogP contribution in [0.15, 0.2) is 30.3 Å². The van der Waals surface area contributed by atoms with Gasteiger partial charge in [0.1, 0.15) is 6.10 Å². The molecule has 1 aromatic rings. The van der Waals surface area contributed by atoms with Crippen LogP contribution in [0.25, 0.3) is 0 Å². The van der Waals surface area contributed by atoms with Crippen LogP contribution in [0, 0.1) is 0 Å². The van der Waals surface area contributed by atoms with Crippen molar-refractivity contribution >= 4 is 0 Å². The lowest BCUT2D eigenvalue weighted by molar-refractivity contribution is -0.0675. The molecule has 0 saturated carbocycles. The second kappa shape index (κ2) is 3.87. The van der Waals surface area contributed by atoms with Gasteiger partial charge in [-0.15, -0.1) is 0 Å². The first-order chi connectivity index (χ1) is 6.40. The fraction of sp³-hybridized carbons (Fsp3) is 0.400. The van der Waals surface area contributed by atoms with E-state index in [1.165, 1.54) is 0 Å². The maximum atomic E-state index is 8.83. The third-order valence-electron chi connectivity index (χ3n) is 2.02. The highest BCUT2D eigenvalue weighted by molar-refractivity contribution is 5.16. The van der Waals surface area contributed by atoms with Crippen molar-refractivity contribution < 1.29 is 14.6 Å². The van der Waals surface area contributed by atoms with Crippen molar-refractivity contribution in [3.05, 3.63) is 35.9 Å². The maximum absolute atomic E-state index is 8.83. The standard InChI is InChI=1S/C10H12O3/c11-6-9-7-12-10(13-9)8-4-2-1-3-5-8/h1-5,9-11H,6-7H2/t9-,10?/m0/s1. The Labute approximate surface area is 76.9 Å². The highest BCUT2D eigenvalue weighted by Gasteiger charge is 2.26. The smallest absolute Gasteiger partial charge is 0.184 e. The molecule has 1 heterocycles. The summed E-state index contributed by atoms with van der Waals surface area (Å²) in [6.07, 6.45) is -0.483. The van der Waals surface area contributed by atoms with Crippen LogP contribution < -0.4 is 0 Å². The number of rotatable bonds is 2. The monoisotopic (exact) mass is 180 g/mol. The zero-order chi connectivity index (χ0) is 9.10. The van der Waals surface area contributed by atoms with Gasteiger partial charge in [0.15, 0.2) is 6.29 Å². The van der Waals surface area contributed by atoms with E-state index in [0.29, 0.717) is 6.61 Å². The molecule has 0 aliphatic carbocycles. The van der Waals surface area contributed by atoms with E-state index in [1.54, 1.807) is 0 Å². The van der Waals surface area contributed by atoms with Gasteiger partial charge in [-0.2, -0.15) is 0 Å². The van der Waals surface area contributed by atoms with Gasteiger partial charge in [-0.1, -0.05) is 30.3 Å². The minimum absolute atomic E-state index is 0.0172. The first-order valence-electron chi connectivity index (χ1n) is 4.33. The van der Waals surface area contributed by atoms with Crippen LogP contribution in [0.4, 0.5) is 0 Å². The van der Waals surface area contributed by atoms with Crippen LogP contribution in [-0.4, -0.2) is 24.4 Å². The molecule has 2 atom stereocenters. The first kappa shape index (κ1) is 8.69. The number of aliphatic hydroxyl groups excluding tert-OH is 1. The van der Waals surface area contributed by atoms with Crippen molar-refractivity contribution in [1.82, 2.24) is 0 Å². The van der Waals surface area contributed by atoms with Gasteiger partial charge in [0.2, 0.25) is 0 Å². The van der Waals surface area contributed by atoms with Crippen LogP contribution in [0.1, 0.15) is 11.9 Å². The first-order valence-corrected chi connectivity index (χ1v) is 4.33. The Morgan fingerprint density at radius 2 is 2.08 bits per heavy atom. The molecule has 1 unspecified atom stereocenters. The van der Waals surface area contributed by atoms with Crippen molar-refractivity contribution in [3.63, 3.8) is 0 Å². The predicted octanol–water partition coefficient (Wildman–Crippen LogP) is 1.09. The minimum Gasteiger partial charge on any atom is -0.394 e. The summed E-state index contributed by atoms with van der Waals surface area (Å²) in [4.78, 5) is 0. The summed E-state index contributed by atoms with van der Waals surface area (Å²) in [7, 11) is 0. The minimum atomic E-state index is -0.307. The summed E-state index contributed by atoms with van der Waals surface area (Å²) in [6.45, 7) is 0.486. The molecule has 2 rings (SSSR count). The zero-order valence-electron chi connectivity index (χ0n) is 7.22. The summed E-state index contributed by atoms with van der Waals surface area (Å²) in [5.41, 5.74) is 0.999. The average molecular weight is 180 g/mol. The van der Waals surface area contributed by atoms with Gasteiger partial charge in [0.25, 0.3) is 0 Å². The normalized spacial score (nSPS) is 27.8. The molecule has 0 aromatic heterocycles. The molecule has 3 heteroatoms. The van der Waals surface area contributed by atoms with Crippen LogP contribution in [0.5, 0.6) is 0 Å². The molecule has 0 bridgehead atoms. The molecular formula is C10H12O3. The van der Waals surface area contributed by atoms with Gasteiger partial charge in [0.05, 0.1) is 13.2 Å². The summed E-state index contributed by atoms with van der Waals surface area (Å²) < 4.78 is 10.8. The summed E-state index contributed by atoms with van der Waals surface area (Å²) in [6, 6.07) is 9.72. The molecule has 1 aliphatic heterocycles. The fourth-order valence-corrected chi connectivity index (χ4v) is 1.33. The summed E-state index contributed by atoms with van der Waals surface area (Å²) >= 11 is 0. The third kappa shape index (κ3) is 1.88. The number of hydrogen-bond donors (Lipinski definition) is 1. The Morgan fingerprint density at radius 1 is 1.31 bits per heavy atom. The van der Waals surface area contributed by atoms with E-state index in [2.05, 4.69) is 0 Å². The number of hydrogen-bond acceptors (Lipinski definition) is 3. The molecule has 13 heavy (non-hydrogen) atoms. The summed E-state index contributed by atoms with van der Waals surface area (Å²) in [5, 5.41) is 8.83. The molecule has 0 spiro atoms. The quantitative estimate of drug-likeness (QED) is 0.740. The van der Waals surface area contributed by atoms with Gasteiger partial charge >= 0.3 is 0 Å². The van der Waals surface area contributed by atoms with E-state index in [4.69, 9.17) is 14.6 Å². The van der Waals surface area contributed by atoms with E-state index < -0.39 is 0 Å². The lowest BCUT2D eigenvalue weighted by Crippen LogP contribution is -2.14. The van der Waals surface area contributed by atoms with Gasteiger partial charge in [0, 0.05) is 5.56 Å². The topological polar surface area (TPSA) is 38.7 Å². The lowest BCUT2D eigenvalue weighted by atomic mass is 10.2. The van der Waals surface area contributed by atoms with Gasteiger partial charge < -0.3 is 14.6 Å². The fourth-order valence-electron chi connectivity index (χ4n) is 1.33. The van der Waals surface area contributed by atoms with Crippen LogP contribution >= 0.6 is 0 Å². The molecule has 1 aliphatic rings. The third-order valence-corrected chi connectivity index (χ3v) is 2.02. The number of benzene rings is 1. The Balaban J connectivity index is 2.04. The van der Waals surface area contributed by atoms with E-state index in [9.17, 15) is 0 Å². The largest absolute Gasteiger partial charge is 0.394 e. The molecule has 1 aromatic carbocycles. The molecule has 1 N–H and O–H groups in total. The second-order valence-electron chi connectivity index (χ2n) is 3.02. The highest BCUT2D eigenvalue weighted by atomic mass is 16.7. The molecule has 1 saturated heterocycles. The second-order valence-corrected chi connectivity index (χ2v) is 3.02. The Morgan fingerprint density at radius 3 is 2.69 bits per heavy atom. The Hall–Kier alpha value is -0.900. The van der Waals surface area contributed by atoms with E-state index in [1.807, 2.05) is 30.3 Å². The molecule has 0 amide bonds. The molecule has 3 nitrogen and oxygen atoms in total. The van der Waals surface area contributed by atoms with Crippen LogP contribution in [0.2, 0.25) is 0 Å². The van der Waals surface area contributed by atoms with Crippen molar-refractivity contribution in [3.8, 4) is 0 Å². The average Bonchev–Trinajstić information content (AvgIpc) is 2.67. The number of ether oxygens (including phenoxy) is 2. The van der Waals surface area contributed by atoms with Crippen molar-refractivity contribution in [2.45, 2.75) is 12.4 Å². The van der Waals surface area contributed by atoms with E-state index >= 15 is 0 Å². The van der Waals surface area contributed by atoms with Crippen LogP contribution in [0.3, 0.4) is 0 Å². The van der Waals surface area contributed by atoms with Gasteiger partial charge in [-0.3, -0.25) is 0 Å². The van der Waals surface area contributed by atoms with Gasteiger partial charge in [-0.05, 0) is 0 Å². The molecule has 70 valence electrons. The summed E-state index contributed by atoms with van der Waals surface area (Å²) in [5.74, 6) is 0.